The third-order valence-corrected chi connectivity index (χ3v) is 5.26. The van der Waals surface area contributed by atoms with Crippen molar-refractivity contribution >= 4 is 39.8 Å². The van der Waals surface area contributed by atoms with Crippen LogP contribution in [-0.4, -0.2) is 48.2 Å². The lowest BCUT2D eigenvalue weighted by Gasteiger charge is -2.15. The molecule has 1 aromatic heterocycles. The quantitative estimate of drug-likeness (QED) is 0.416. The van der Waals surface area contributed by atoms with Crippen molar-refractivity contribution < 1.29 is 27.4 Å². The van der Waals surface area contributed by atoms with Crippen molar-refractivity contribution in [1.29, 1.82) is 0 Å². The molecule has 1 aromatic carbocycles. The van der Waals surface area contributed by atoms with Gasteiger partial charge in [0.25, 0.3) is 0 Å². The molecule has 0 saturated carbocycles. The van der Waals surface area contributed by atoms with E-state index in [0.29, 0.717) is 9.47 Å². The van der Waals surface area contributed by atoms with Gasteiger partial charge in [-0.15, -0.1) is 10.2 Å². The average molecular weight is 451 g/mol. The number of carbonyl (C=O) groups is 1. The molecule has 0 radical (unpaired) electrons. The minimum atomic E-state index is -4.54. The summed E-state index contributed by atoms with van der Waals surface area (Å²) in [6.07, 6.45) is -4.54. The predicted octanol–water partition coefficient (Wildman–Crippen LogP) is 4.13. The van der Waals surface area contributed by atoms with E-state index in [0.717, 1.165) is 23.9 Å². The summed E-state index contributed by atoms with van der Waals surface area (Å²) < 4.78 is 49.9. The van der Waals surface area contributed by atoms with Crippen molar-refractivity contribution in [1.82, 2.24) is 10.2 Å². The largest absolute Gasteiger partial charge is 0.489 e. The molecule has 0 spiro atoms. The Bertz CT molecular complexity index is 815. The number of rotatable bonds is 10. The summed E-state index contributed by atoms with van der Waals surface area (Å²) in [4.78, 5) is 12.3. The molecule has 0 fully saturated rings. The van der Waals surface area contributed by atoms with Crippen LogP contribution in [0.2, 0.25) is 0 Å². The van der Waals surface area contributed by atoms with Crippen LogP contribution in [0.3, 0.4) is 0 Å². The zero-order chi connectivity index (χ0) is 21.4. The molecule has 0 unspecified atom stereocenters. The summed E-state index contributed by atoms with van der Waals surface area (Å²) in [6.45, 7) is 4.32. The minimum absolute atomic E-state index is 0.0376. The third-order valence-electron chi connectivity index (χ3n) is 3.27. The predicted molar refractivity (Wildman–Crippen MR) is 107 cm³/mol. The van der Waals surface area contributed by atoms with Crippen LogP contribution in [0.5, 0.6) is 5.75 Å². The monoisotopic (exact) mass is 450 g/mol. The molecule has 1 heterocycles. The first-order valence-corrected chi connectivity index (χ1v) is 10.3. The lowest BCUT2D eigenvalue weighted by atomic mass is 10.1. The second-order valence-electron chi connectivity index (χ2n) is 6.06. The SMILES string of the molecule is COCCOc1ccc(C(F)(F)F)cc1NC(=O)CSc1nnc(NC(C)C)s1. The number of hydrogen-bond acceptors (Lipinski definition) is 8. The highest BCUT2D eigenvalue weighted by molar-refractivity contribution is 8.01. The van der Waals surface area contributed by atoms with Crippen molar-refractivity contribution in [3.8, 4) is 5.75 Å². The van der Waals surface area contributed by atoms with E-state index in [-0.39, 0.29) is 36.4 Å². The lowest BCUT2D eigenvalue weighted by molar-refractivity contribution is -0.137. The Balaban J connectivity index is 2.03. The second-order valence-corrected chi connectivity index (χ2v) is 8.26. The van der Waals surface area contributed by atoms with Gasteiger partial charge in [0.2, 0.25) is 11.0 Å². The first-order chi connectivity index (χ1) is 13.7. The van der Waals surface area contributed by atoms with Gasteiger partial charge in [-0.2, -0.15) is 13.2 Å². The van der Waals surface area contributed by atoms with Crippen LogP contribution in [0, 0.1) is 0 Å². The highest BCUT2D eigenvalue weighted by atomic mass is 32.2. The van der Waals surface area contributed by atoms with E-state index >= 15 is 0 Å². The van der Waals surface area contributed by atoms with Gasteiger partial charge in [-0.05, 0) is 32.0 Å². The van der Waals surface area contributed by atoms with Crippen LogP contribution in [0.4, 0.5) is 24.0 Å². The van der Waals surface area contributed by atoms with E-state index in [1.165, 1.54) is 24.5 Å². The first kappa shape index (κ1) is 23.2. The van der Waals surface area contributed by atoms with Gasteiger partial charge in [0, 0.05) is 13.2 Å². The maximum Gasteiger partial charge on any atom is 0.416 e. The van der Waals surface area contributed by atoms with Crippen molar-refractivity contribution in [2.24, 2.45) is 0 Å². The number of carbonyl (C=O) groups excluding carboxylic acids is 1. The van der Waals surface area contributed by atoms with Gasteiger partial charge in [-0.25, -0.2) is 0 Å². The number of benzene rings is 1. The van der Waals surface area contributed by atoms with Gasteiger partial charge < -0.3 is 20.1 Å². The Morgan fingerprint density at radius 3 is 2.69 bits per heavy atom. The van der Waals surface area contributed by atoms with Gasteiger partial charge in [-0.1, -0.05) is 23.1 Å². The number of aromatic nitrogens is 2. The zero-order valence-electron chi connectivity index (χ0n) is 16.0. The summed E-state index contributed by atoms with van der Waals surface area (Å²) in [7, 11) is 1.48. The molecule has 1 amide bonds. The normalized spacial score (nSPS) is 11.6. The number of anilines is 2. The molecule has 29 heavy (non-hydrogen) atoms. The molecular formula is C17H21F3N4O3S2. The molecule has 0 aliphatic heterocycles. The fourth-order valence-electron chi connectivity index (χ4n) is 2.05. The number of thioether (sulfide) groups is 1. The molecule has 12 heteroatoms. The molecule has 0 atom stereocenters. The average Bonchev–Trinajstić information content (AvgIpc) is 3.07. The highest BCUT2D eigenvalue weighted by Crippen LogP contribution is 2.35. The molecule has 0 aliphatic rings. The molecule has 0 aliphatic carbocycles. The summed E-state index contributed by atoms with van der Waals surface area (Å²) in [5.41, 5.74) is -0.936. The van der Waals surface area contributed by atoms with Crippen LogP contribution < -0.4 is 15.4 Å². The fourth-order valence-corrected chi connectivity index (χ4v) is 3.75. The number of nitrogens with one attached hydrogen (secondary N) is 2. The number of methoxy groups -OCH3 is 1. The molecule has 2 rings (SSSR count). The fraction of sp³-hybridized carbons (Fsp3) is 0.471. The summed E-state index contributed by atoms with van der Waals surface area (Å²) in [5.74, 6) is -0.392. The highest BCUT2D eigenvalue weighted by Gasteiger charge is 2.31. The van der Waals surface area contributed by atoms with E-state index in [4.69, 9.17) is 9.47 Å². The van der Waals surface area contributed by atoms with Gasteiger partial charge >= 0.3 is 6.18 Å². The van der Waals surface area contributed by atoms with E-state index in [2.05, 4.69) is 20.8 Å². The van der Waals surface area contributed by atoms with Crippen molar-refractivity contribution in [2.45, 2.75) is 30.4 Å². The number of ether oxygens (including phenoxy) is 2. The van der Waals surface area contributed by atoms with Gasteiger partial charge in [0.05, 0.1) is 23.6 Å². The zero-order valence-corrected chi connectivity index (χ0v) is 17.6. The Morgan fingerprint density at radius 2 is 2.03 bits per heavy atom. The maximum atomic E-state index is 13.0. The van der Waals surface area contributed by atoms with Crippen LogP contribution >= 0.6 is 23.1 Å². The minimum Gasteiger partial charge on any atom is -0.489 e. The van der Waals surface area contributed by atoms with Crippen molar-refractivity contribution in [2.75, 3.05) is 36.7 Å². The topological polar surface area (TPSA) is 85.4 Å². The molecule has 2 N–H and O–H groups in total. The molecule has 7 nitrogen and oxygen atoms in total. The molecule has 160 valence electrons. The maximum absolute atomic E-state index is 13.0. The van der Waals surface area contributed by atoms with Crippen LogP contribution in [-0.2, 0) is 15.7 Å². The second kappa shape index (κ2) is 10.6. The van der Waals surface area contributed by atoms with Gasteiger partial charge in [0.1, 0.15) is 12.4 Å². The smallest absolute Gasteiger partial charge is 0.416 e. The molecule has 2 aromatic rings. The van der Waals surface area contributed by atoms with Crippen molar-refractivity contribution in [3.05, 3.63) is 23.8 Å². The van der Waals surface area contributed by atoms with Gasteiger partial charge in [0.15, 0.2) is 4.34 Å². The standard InChI is InChI=1S/C17H21F3N4O3S2/c1-10(2)21-15-23-24-16(29-15)28-9-14(25)22-12-8-11(17(18,19)20)4-5-13(12)27-7-6-26-3/h4-5,8,10H,6-7,9H2,1-3H3,(H,21,23)(H,22,25). The summed E-state index contributed by atoms with van der Waals surface area (Å²) >= 11 is 2.44. The number of nitrogens with zero attached hydrogens (tertiary/aromatic N) is 2. The van der Waals surface area contributed by atoms with Crippen LogP contribution in [0.15, 0.2) is 22.5 Å². The summed E-state index contributed by atoms with van der Waals surface area (Å²) in [6, 6.07) is 3.12. The number of alkyl halides is 3. The Morgan fingerprint density at radius 1 is 1.28 bits per heavy atom. The van der Waals surface area contributed by atoms with Crippen molar-refractivity contribution in [3.63, 3.8) is 0 Å². The van der Waals surface area contributed by atoms with Crippen LogP contribution in [0.1, 0.15) is 19.4 Å². The Kier molecular flexibility index (Phi) is 8.53. The Hall–Kier alpha value is -2.05. The number of amides is 1. The van der Waals surface area contributed by atoms with E-state index in [9.17, 15) is 18.0 Å². The van der Waals surface area contributed by atoms with E-state index in [1.807, 2.05) is 13.8 Å². The molecule has 0 saturated heterocycles. The number of hydrogen-bond donors (Lipinski definition) is 2. The van der Waals surface area contributed by atoms with E-state index < -0.39 is 17.6 Å². The first-order valence-electron chi connectivity index (χ1n) is 8.54. The lowest BCUT2D eigenvalue weighted by Crippen LogP contribution is -2.16. The Labute approximate surface area is 174 Å². The van der Waals surface area contributed by atoms with E-state index in [1.54, 1.807) is 0 Å². The van der Waals surface area contributed by atoms with Crippen LogP contribution in [0.25, 0.3) is 0 Å². The number of halogens is 3. The summed E-state index contributed by atoms with van der Waals surface area (Å²) in [5, 5.41) is 14.1. The molecular weight excluding hydrogens is 429 g/mol. The molecule has 0 bridgehead atoms. The third kappa shape index (κ3) is 7.71. The van der Waals surface area contributed by atoms with Gasteiger partial charge in [-0.3, -0.25) is 4.79 Å².